The van der Waals surface area contributed by atoms with E-state index in [4.69, 9.17) is 6.42 Å². The van der Waals surface area contributed by atoms with Crippen LogP contribution in [-0.4, -0.2) is 9.97 Å². The number of nitrogens with one attached hydrogen (secondary N) is 1. The molecule has 80 valence electrons. The number of H-pyrrole nitrogens is 1. The maximum absolute atomic E-state index is 5.46. The minimum atomic E-state index is 0.820. The second kappa shape index (κ2) is 3.80. The topological polar surface area (TPSA) is 28.7 Å². The molecule has 0 fully saturated rings. The van der Waals surface area contributed by atoms with Crippen molar-refractivity contribution in [2.75, 3.05) is 0 Å². The monoisotopic (exact) mass is 218 g/mol. The Bertz CT molecular complexity index is 703. The molecule has 0 atom stereocenters. The van der Waals surface area contributed by atoms with Gasteiger partial charge in [0.1, 0.15) is 11.3 Å². The highest BCUT2D eigenvalue weighted by molar-refractivity contribution is 5.84. The number of nitrogens with zero attached hydrogens (tertiary/aromatic N) is 1. The Labute approximate surface area is 99.3 Å². The van der Waals surface area contributed by atoms with Crippen LogP contribution in [0.15, 0.2) is 48.5 Å². The minimum Gasteiger partial charge on any atom is -0.338 e. The number of hydrogen-bond acceptors (Lipinski definition) is 1. The number of hydrogen-bond donors (Lipinski definition) is 1. The molecule has 0 radical (unpaired) electrons. The molecule has 0 unspecified atom stereocenters. The molecule has 2 aromatic carbocycles. The summed E-state index contributed by atoms with van der Waals surface area (Å²) in [4.78, 5) is 7.84. The molecule has 1 N–H and O–H groups in total. The molecule has 0 bridgehead atoms. The van der Waals surface area contributed by atoms with Crippen LogP contribution in [0.25, 0.3) is 22.4 Å². The van der Waals surface area contributed by atoms with Gasteiger partial charge in [0.05, 0.1) is 11.1 Å². The van der Waals surface area contributed by atoms with E-state index in [1.165, 1.54) is 0 Å². The van der Waals surface area contributed by atoms with E-state index in [0.29, 0.717) is 0 Å². The highest BCUT2D eigenvalue weighted by Crippen LogP contribution is 2.22. The lowest BCUT2D eigenvalue weighted by molar-refractivity contribution is 1.33. The number of aromatic nitrogens is 2. The largest absolute Gasteiger partial charge is 0.338 e. The quantitative estimate of drug-likeness (QED) is 0.624. The van der Waals surface area contributed by atoms with Crippen molar-refractivity contribution in [3.63, 3.8) is 0 Å². The molecule has 3 rings (SSSR count). The van der Waals surface area contributed by atoms with Crippen LogP contribution in [-0.2, 0) is 0 Å². The van der Waals surface area contributed by atoms with Gasteiger partial charge < -0.3 is 4.98 Å². The van der Waals surface area contributed by atoms with E-state index in [0.717, 1.165) is 28.0 Å². The zero-order valence-corrected chi connectivity index (χ0v) is 9.14. The number of fused-ring (bicyclic) bond motifs is 1. The molecule has 0 aliphatic carbocycles. The standard InChI is InChI=1S/C15H10N2/c1-2-11-9-6-10-13-14(11)17-15(16-13)12-7-4-3-5-8-12/h1,3-10H,(H,16,17). The number of benzene rings is 2. The smallest absolute Gasteiger partial charge is 0.138 e. The summed E-state index contributed by atoms with van der Waals surface area (Å²) in [5.41, 5.74) is 3.71. The summed E-state index contributed by atoms with van der Waals surface area (Å²) < 4.78 is 0. The first-order valence-corrected chi connectivity index (χ1v) is 5.39. The average Bonchev–Trinajstić information content (AvgIpc) is 2.83. The van der Waals surface area contributed by atoms with Crippen LogP contribution in [0.1, 0.15) is 5.56 Å². The van der Waals surface area contributed by atoms with Crippen molar-refractivity contribution in [1.82, 2.24) is 9.97 Å². The Hall–Kier alpha value is -2.53. The second-order valence-electron chi connectivity index (χ2n) is 3.80. The molecule has 3 aromatic rings. The maximum atomic E-state index is 5.46. The molecular weight excluding hydrogens is 208 g/mol. The fraction of sp³-hybridized carbons (Fsp3) is 0. The third-order valence-corrected chi connectivity index (χ3v) is 2.72. The molecule has 0 aliphatic rings. The lowest BCUT2D eigenvalue weighted by Crippen LogP contribution is -1.78. The van der Waals surface area contributed by atoms with Gasteiger partial charge in [-0.05, 0) is 12.1 Å². The Balaban J connectivity index is 2.25. The van der Waals surface area contributed by atoms with Gasteiger partial charge in [-0.15, -0.1) is 6.42 Å². The van der Waals surface area contributed by atoms with Crippen LogP contribution >= 0.6 is 0 Å². The van der Waals surface area contributed by atoms with Crippen LogP contribution in [0.5, 0.6) is 0 Å². The molecule has 2 heteroatoms. The first-order valence-electron chi connectivity index (χ1n) is 5.39. The van der Waals surface area contributed by atoms with Gasteiger partial charge in [-0.25, -0.2) is 4.98 Å². The molecular formula is C15H10N2. The lowest BCUT2D eigenvalue weighted by Gasteiger charge is -1.93. The number of terminal acetylenes is 1. The summed E-state index contributed by atoms with van der Waals surface area (Å²) in [6, 6.07) is 15.8. The van der Waals surface area contributed by atoms with Gasteiger partial charge in [-0.3, -0.25) is 0 Å². The van der Waals surface area contributed by atoms with E-state index < -0.39 is 0 Å². The van der Waals surface area contributed by atoms with Crippen molar-refractivity contribution in [3.05, 3.63) is 54.1 Å². The number of imidazole rings is 1. The lowest BCUT2D eigenvalue weighted by atomic mass is 10.2. The summed E-state index contributed by atoms with van der Waals surface area (Å²) in [5.74, 6) is 3.50. The Morgan fingerprint density at radius 3 is 2.59 bits per heavy atom. The van der Waals surface area contributed by atoms with Gasteiger partial charge in [0, 0.05) is 5.56 Å². The molecule has 0 saturated carbocycles. The van der Waals surface area contributed by atoms with E-state index in [1.807, 2.05) is 48.5 Å². The highest BCUT2D eigenvalue weighted by atomic mass is 14.9. The number of aromatic amines is 1. The summed E-state index contributed by atoms with van der Waals surface area (Å²) in [6.07, 6.45) is 5.46. The predicted octanol–water partition coefficient (Wildman–Crippen LogP) is 3.21. The molecule has 0 spiro atoms. The molecule has 2 nitrogen and oxygen atoms in total. The Morgan fingerprint density at radius 2 is 1.82 bits per heavy atom. The first kappa shape index (κ1) is 9.68. The van der Waals surface area contributed by atoms with Crippen molar-refractivity contribution < 1.29 is 0 Å². The third-order valence-electron chi connectivity index (χ3n) is 2.72. The molecule has 1 aromatic heterocycles. The molecule has 0 saturated heterocycles. The average molecular weight is 218 g/mol. The van der Waals surface area contributed by atoms with E-state index in [2.05, 4.69) is 15.9 Å². The summed E-state index contributed by atoms with van der Waals surface area (Å²) >= 11 is 0. The van der Waals surface area contributed by atoms with Crippen molar-refractivity contribution in [2.45, 2.75) is 0 Å². The number of para-hydroxylation sites is 1. The molecule has 1 heterocycles. The van der Waals surface area contributed by atoms with Crippen LogP contribution in [0.4, 0.5) is 0 Å². The zero-order valence-electron chi connectivity index (χ0n) is 9.14. The first-order chi connectivity index (χ1) is 8.38. The molecule has 0 amide bonds. The van der Waals surface area contributed by atoms with E-state index in [9.17, 15) is 0 Å². The van der Waals surface area contributed by atoms with Gasteiger partial charge in [-0.1, -0.05) is 42.3 Å². The minimum absolute atomic E-state index is 0.820. The van der Waals surface area contributed by atoms with Crippen molar-refractivity contribution >= 4 is 11.0 Å². The van der Waals surface area contributed by atoms with Crippen molar-refractivity contribution in [2.24, 2.45) is 0 Å². The summed E-state index contributed by atoms with van der Waals surface area (Å²) in [5, 5.41) is 0. The Morgan fingerprint density at radius 1 is 1.00 bits per heavy atom. The zero-order chi connectivity index (χ0) is 11.7. The third kappa shape index (κ3) is 1.58. The maximum Gasteiger partial charge on any atom is 0.138 e. The van der Waals surface area contributed by atoms with Crippen LogP contribution in [0, 0.1) is 12.3 Å². The van der Waals surface area contributed by atoms with Crippen LogP contribution in [0.3, 0.4) is 0 Å². The summed E-state index contributed by atoms with van der Waals surface area (Å²) in [6.45, 7) is 0. The van der Waals surface area contributed by atoms with E-state index >= 15 is 0 Å². The van der Waals surface area contributed by atoms with E-state index in [-0.39, 0.29) is 0 Å². The van der Waals surface area contributed by atoms with Gasteiger partial charge in [0.15, 0.2) is 0 Å². The summed E-state index contributed by atoms with van der Waals surface area (Å²) in [7, 11) is 0. The molecule has 17 heavy (non-hydrogen) atoms. The molecule has 0 aliphatic heterocycles. The van der Waals surface area contributed by atoms with Crippen molar-refractivity contribution in [3.8, 4) is 23.7 Å². The van der Waals surface area contributed by atoms with Crippen LogP contribution in [0.2, 0.25) is 0 Å². The van der Waals surface area contributed by atoms with E-state index in [1.54, 1.807) is 0 Å². The van der Waals surface area contributed by atoms with Crippen LogP contribution < -0.4 is 0 Å². The van der Waals surface area contributed by atoms with Gasteiger partial charge in [0.2, 0.25) is 0 Å². The second-order valence-corrected chi connectivity index (χ2v) is 3.80. The van der Waals surface area contributed by atoms with Gasteiger partial charge >= 0.3 is 0 Å². The highest BCUT2D eigenvalue weighted by Gasteiger charge is 2.06. The van der Waals surface area contributed by atoms with Gasteiger partial charge in [-0.2, -0.15) is 0 Å². The fourth-order valence-electron chi connectivity index (χ4n) is 1.88. The fourth-order valence-corrected chi connectivity index (χ4v) is 1.88. The normalized spacial score (nSPS) is 10.3. The SMILES string of the molecule is C#Cc1cccc2[nH]c(-c3ccccc3)nc12. The van der Waals surface area contributed by atoms with Crippen molar-refractivity contribution in [1.29, 1.82) is 0 Å². The Kier molecular flexibility index (Phi) is 2.16. The predicted molar refractivity (Wildman–Crippen MR) is 69.5 cm³/mol. The van der Waals surface area contributed by atoms with Gasteiger partial charge in [0.25, 0.3) is 0 Å². The number of rotatable bonds is 1.